The maximum absolute atomic E-state index is 5.48. The Balaban J connectivity index is 2.03. The predicted octanol–water partition coefficient (Wildman–Crippen LogP) is 5.26. The number of hydrogen-bond acceptors (Lipinski definition) is 2. The van der Waals surface area contributed by atoms with Crippen LogP contribution in [0.4, 0.5) is 0 Å². The molecule has 0 aliphatic carbocycles. The normalized spacial score (nSPS) is 13.7. The largest absolute Gasteiger partial charge is 0.494 e. The van der Waals surface area contributed by atoms with Crippen molar-refractivity contribution in [2.75, 3.05) is 6.61 Å². The van der Waals surface area contributed by atoms with Crippen molar-refractivity contribution in [2.24, 2.45) is 0 Å². The van der Waals surface area contributed by atoms with Gasteiger partial charge in [-0.3, -0.25) is 0 Å². The van der Waals surface area contributed by atoms with Gasteiger partial charge in [-0.15, -0.1) is 0 Å². The van der Waals surface area contributed by atoms with Gasteiger partial charge in [0.1, 0.15) is 5.75 Å². The summed E-state index contributed by atoms with van der Waals surface area (Å²) >= 11 is 3.61. The highest BCUT2D eigenvalue weighted by atomic mass is 79.9. The van der Waals surface area contributed by atoms with Gasteiger partial charge in [-0.25, -0.2) is 0 Å². The fraction of sp³-hybridized carbons (Fsp3) is 0.333. The second-order valence-electron chi connectivity index (χ2n) is 5.13. The van der Waals surface area contributed by atoms with E-state index in [4.69, 9.17) is 4.74 Å². The van der Waals surface area contributed by atoms with Crippen LogP contribution >= 0.6 is 15.9 Å². The van der Waals surface area contributed by atoms with E-state index in [9.17, 15) is 0 Å². The molecule has 0 amide bonds. The Morgan fingerprint density at radius 3 is 2.29 bits per heavy atom. The zero-order valence-electron chi connectivity index (χ0n) is 12.8. The minimum atomic E-state index is 0.280. The molecule has 0 radical (unpaired) electrons. The molecule has 0 fully saturated rings. The van der Waals surface area contributed by atoms with Gasteiger partial charge in [0.05, 0.1) is 6.61 Å². The summed E-state index contributed by atoms with van der Waals surface area (Å²) in [7, 11) is 0. The number of benzene rings is 2. The fourth-order valence-corrected chi connectivity index (χ4v) is 3.03. The van der Waals surface area contributed by atoms with Gasteiger partial charge in [-0.1, -0.05) is 46.3 Å². The molecule has 1 N–H and O–H groups in total. The molecule has 21 heavy (non-hydrogen) atoms. The van der Waals surface area contributed by atoms with Crippen LogP contribution in [0, 0.1) is 0 Å². The quantitative estimate of drug-likeness (QED) is 0.769. The summed E-state index contributed by atoms with van der Waals surface area (Å²) in [5, 5.41) is 3.63. The lowest BCUT2D eigenvalue weighted by Crippen LogP contribution is -2.22. The highest BCUT2D eigenvalue weighted by molar-refractivity contribution is 9.10. The highest BCUT2D eigenvalue weighted by Crippen LogP contribution is 2.26. The van der Waals surface area contributed by atoms with E-state index in [-0.39, 0.29) is 12.1 Å². The molecule has 0 heterocycles. The smallest absolute Gasteiger partial charge is 0.119 e. The van der Waals surface area contributed by atoms with Gasteiger partial charge in [0.15, 0.2) is 0 Å². The van der Waals surface area contributed by atoms with Crippen molar-refractivity contribution in [1.29, 1.82) is 0 Å². The zero-order chi connectivity index (χ0) is 15.2. The van der Waals surface area contributed by atoms with Crippen molar-refractivity contribution in [2.45, 2.75) is 32.9 Å². The van der Waals surface area contributed by atoms with Gasteiger partial charge in [-0.05, 0) is 50.1 Å². The third kappa shape index (κ3) is 4.32. The lowest BCUT2D eigenvalue weighted by molar-refractivity contribution is 0.340. The topological polar surface area (TPSA) is 21.3 Å². The Kier molecular flexibility index (Phi) is 5.83. The molecule has 2 atom stereocenters. The van der Waals surface area contributed by atoms with Crippen LogP contribution < -0.4 is 10.1 Å². The van der Waals surface area contributed by atoms with E-state index in [1.807, 2.05) is 25.1 Å². The highest BCUT2D eigenvalue weighted by Gasteiger charge is 2.13. The minimum Gasteiger partial charge on any atom is -0.494 e. The summed E-state index contributed by atoms with van der Waals surface area (Å²) in [6, 6.07) is 17.2. The van der Waals surface area contributed by atoms with Crippen molar-refractivity contribution in [1.82, 2.24) is 5.32 Å². The Labute approximate surface area is 135 Å². The van der Waals surface area contributed by atoms with Gasteiger partial charge in [0.2, 0.25) is 0 Å². The number of ether oxygens (including phenoxy) is 1. The first kappa shape index (κ1) is 16.1. The Morgan fingerprint density at radius 1 is 1.00 bits per heavy atom. The van der Waals surface area contributed by atoms with Crippen LogP contribution in [-0.2, 0) is 0 Å². The van der Waals surface area contributed by atoms with Crippen molar-refractivity contribution < 1.29 is 4.74 Å². The van der Waals surface area contributed by atoms with E-state index in [1.165, 1.54) is 11.1 Å². The second kappa shape index (κ2) is 7.62. The van der Waals surface area contributed by atoms with Crippen molar-refractivity contribution in [3.05, 3.63) is 64.1 Å². The van der Waals surface area contributed by atoms with E-state index >= 15 is 0 Å². The maximum atomic E-state index is 5.48. The summed E-state index contributed by atoms with van der Waals surface area (Å²) in [5.74, 6) is 0.923. The Hall–Kier alpha value is -1.32. The van der Waals surface area contributed by atoms with Gasteiger partial charge in [0.25, 0.3) is 0 Å². The summed E-state index contributed by atoms with van der Waals surface area (Å²) in [4.78, 5) is 0. The van der Waals surface area contributed by atoms with Crippen LogP contribution in [0.15, 0.2) is 53.0 Å². The van der Waals surface area contributed by atoms with Crippen LogP contribution in [0.5, 0.6) is 5.75 Å². The molecule has 0 bridgehead atoms. The van der Waals surface area contributed by atoms with Crippen LogP contribution in [0.25, 0.3) is 0 Å². The van der Waals surface area contributed by atoms with Crippen molar-refractivity contribution in [3.8, 4) is 5.75 Å². The first-order valence-electron chi connectivity index (χ1n) is 7.35. The molecule has 112 valence electrons. The molecule has 2 nitrogen and oxygen atoms in total. The van der Waals surface area contributed by atoms with Gasteiger partial charge in [0, 0.05) is 16.6 Å². The molecule has 0 aliphatic rings. The first-order valence-corrected chi connectivity index (χ1v) is 8.14. The van der Waals surface area contributed by atoms with E-state index in [0.29, 0.717) is 6.61 Å². The molecule has 0 saturated carbocycles. The molecule has 2 aromatic rings. The standard InChI is InChI=1S/C18H22BrNO/c1-4-21-16-11-9-15(10-12-16)13(2)20-14(3)17-7-5-6-8-18(17)19/h5-14,20H,4H2,1-3H3/t13?,14-/m0/s1. The molecule has 0 saturated heterocycles. The summed E-state index contributed by atoms with van der Waals surface area (Å²) in [6.07, 6.45) is 0. The maximum Gasteiger partial charge on any atom is 0.119 e. The van der Waals surface area contributed by atoms with Crippen molar-refractivity contribution >= 4 is 15.9 Å². The Morgan fingerprint density at radius 2 is 1.67 bits per heavy atom. The van der Waals surface area contributed by atoms with Crippen LogP contribution in [0.3, 0.4) is 0 Å². The van der Waals surface area contributed by atoms with Crippen molar-refractivity contribution in [3.63, 3.8) is 0 Å². The number of nitrogens with one attached hydrogen (secondary N) is 1. The molecule has 2 rings (SSSR count). The second-order valence-corrected chi connectivity index (χ2v) is 5.99. The van der Waals surface area contributed by atoms with E-state index in [1.54, 1.807) is 0 Å². The number of hydrogen-bond donors (Lipinski definition) is 1. The molecule has 0 aliphatic heterocycles. The van der Waals surface area contributed by atoms with Gasteiger partial charge in [-0.2, -0.15) is 0 Å². The molecule has 0 aromatic heterocycles. The monoisotopic (exact) mass is 347 g/mol. The molecule has 0 spiro atoms. The van der Waals surface area contributed by atoms with Gasteiger partial charge >= 0.3 is 0 Å². The first-order chi connectivity index (χ1) is 10.1. The average Bonchev–Trinajstić information content (AvgIpc) is 2.48. The lowest BCUT2D eigenvalue weighted by atomic mass is 10.0. The summed E-state index contributed by atoms with van der Waals surface area (Å²) < 4.78 is 6.62. The predicted molar refractivity (Wildman–Crippen MR) is 91.7 cm³/mol. The van der Waals surface area contributed by atoms with Crippen LogP contribution in [-0.4, -0.2) is 6.61 Å². The Bertz CT molecular complexity index is 568. The third-order valence-corrected chi connectivity index (χ3v) is 4.29. The third-order valence-electron chi connectivity index (χ3n) is 3.56. The summed E-state index contributed by atoms with van der Waals surface area (Å²) in [5.41, 5.74) is 2.53. The molecular formula is C18H22BrNO. The van der Waals surface area contributed by atoms with E-state index in [2.05, 4.69) is 65.4 Å². The molecule has 3 heteroatoms. The lowest BCUT2D eigenvalue weighted by Gasteiger charge is -2.22. The zero-order valence-corrected chi connectivity index (χ0v) is 14.4. The van der Waals surface area contributed by atoms with Crippen LogP contribution in [0.1, 0.15) is 44.0 Å². The summed E-state index contributed by atoms with van der Waals surface area (Å²) in [6.45, 7) is 7.07. The van der Waals surface area contributed by atoms with Crippen LogP contribution in [0.2, 0.25) is 0 Å². The van der Waals surface area contributed by atoms with E-state index < -0.39 is 0 Å². The molecule has 2 aromatic carbocycles. The molecular weight excluding hydrogens is 326 g/mol. The van der Waals surface area contributed by atoms with Gasteiger partial charge < -0.3 is 10.1 Å². The SMILES string of the molecule is CCOc1ccc(C(C)N[C@@H](C)c2ccccc2Br)cc1. The number of rotatable bonds is 6. The molecule has 1 unspecified atom stereocenters. The average molecular weight is 348 g/mol. The number of halogens is 1. The fourth-order valence-electron chi connectivity index (χ4n) is 2.41. The minimum absolute atomic E-state index is 0.280. The van der Waals surface area contributed by atoms with E-state index in [0.717, 1.165) is 10.2 Å².